The van der Waals surface area contributed by atoms with Crippen LogP contribution in [-0.4, -0.2) is 25.9 Å². The van der Waals surface area contributed by atoms with E-state index in [9.17, 15) is 23.3 Å². The maximum absolute atomic E-state index is 12.9. The van der Waals surface area contributed by atoms with Crippen LogP contribution in [0.5, 0.6) is 0 Å². The second-order valence-electron chi connectivity index (χ2n) is 7.30. The van der Waals surface area contributed by atoms with E-state index in [2.05, 4.69) is 4.72 Å². The number of nitrogens with zero attached hydrogens (tertiary/aromatic N) is 1. The molecule has 166 valence electrons. The quantitative estimate of drug-likeness (QED) is 0.311. The lowest BCUT2D eigenvalue weighted by Gasteiger charge is -2.20. The van der Waals surface area contributed by atoms with Gasteiger partial charge in [-0.25, -0.2) is 17.9 Å². The number of nitrogens with one attached hydrogen (secondary N) is 1. The third kappa shape index (κ3) is 5.77. The number of carbonyl (C=O) groups is 1. The molecule has 8 nitrogen and oxygen atoms in total. The van der Waals surface area contributed by atoms with E-state index in [0.717, 1.165) is 11.1 Å². The monoisotopic (exact) mass is 454 g/mol. The molecule has 3 rings (SSSR count). The molecule has 0 saturated heterocycles. The van der Waals surface area contributed by atoms with Crippen LogP contribution in [0.4, 0.5) is 5.69 Å². The summed E-state index contributed by atoms with van der Waals surface area (Å²) >= 11 is 0. The number of benzene rings is 3. The van der Waals surface area contributed by atoms with Crippen LogP contribution in [-0.2, 0) is 14.8 Å². The van der Waals surface area contributed by atoms with Gasteiger partial charge in [0.2, 0.25) is 10.0 Å². The summed E-state index contributed by atoms with van der Waals surface area (Å²) in [6, 6.07) is 17.8. The van der Waals surface area contributed by atoms with Gasteiger partial charge in [-0.1, -0.05) is 47.5 Å². The van der Waals surface area contributed by atoms with Gasteiger partial charge < -0.3 is 4.74 Å². The largest absolute Gasteiger partial charge is 0.460 e. The number of nitro benzene ring substituents is 1. The number of hydrogen-bond donors (Lipinski definition) is 1. The molecule has 0 aliphatic heterocycles. The van der Waals surface area contributed by atoms with E-state index < -0.39 is 27.0 Å². The van der Waals surface area contributed by atoms with Gasteiger partial charge in [-0.3, -0.25) is 10.1 Å². The summed E-state index contributed by atoms with van der Waals surface area (Å²) in [4.78, 5) is 22.7. The Bertz CT molecular complexity index is 1220. The van der Waals surface area contributed by atoms with Crippen molar-refractivity contribution in [2.24, 2.45) is 0 Å². The predicted octanol–water partition coefficient (Wildman–Crippen LogP) is 4.09. The average molecular weight is 455 g/mol. The number of nitro groups is 1. The summed E-state index contributed by atoms with van der Waals surface area (Å²) in [7, 11) is -3.88. The summed E-state index contributed by atoms with van der Waals surface area (Å²) in [5.41, 5.74) is 2.46. The first-order chi connectivity index (χ1) is 15.2. The molecular formula is C23H22N2O6S. The fourth-order valence-corrected chi connectivity index (χ4v) is 4.23. The van der Waals surface area contributed by atoms with Crippen LogP contribution in [0, 0.1) is 24.0 Å². The average Bonchev–Trinajstić information content (AvgIpc) is 2.76. The van der Waals surface area contributed by atoms with Crippen LogP contribution in [0.25, 0.3) is 0 Å². The van der Waals surface area contributed by atoms with Crippen molar-refractivity contribution in [2.45, 2.75) is 24.8 Å². The fraction of sp³-hybridized carbons (Fsp3) is 0.174. The van der Waals surface area contributed by atoms with Gasteiger partial charge in [0.1, 0.15) is 6.61 Å². The SMILES string of the molecule is Cc1ccc(S(=O)(=O)NC(COC(=O)c2ccc([N+](=O)[O-])cc2)c2cccc(C)c2)cc1. The standard InChI is InChI=1S/C23H22N2O6S/c1-16-6-12-21(13-7-16)32(29,30)24-22(19-5-3-4-17(2)14-19)15-31-23(26)18-8-10-20(11-9-18)25(27)28/h3-14,22,24H,15H2,1-2H3. The van der Waals surface area contributed by atoms with E-state index in [-0.39, 0.29) is 22.8 Å². The number of carbonyl (C=O) groups excluding carboxylic acids is 1. The molecule has 1 atom stereocenters. The Morgan fingerprint density at radius 1 is 1.00 bits per heavy atom. The van der Waals surface area contributed by atoms with E-state index in [0.29, 0.717) is 5.56 Å². The number of hydrogen-bond acceptors (Lipinski definition) is 6. The lowest BCUT2D eigenvalue weighted by Crippen LogP contribution is -2.32. The van der Waals surface area contributed by atoms with Gasteiger partial charge in [-0.2, -0.15) is 0 Å². The number of ether oxygens (including phenoxy) is 1. The molecule has 0 saturated carbocycles. The predicted molar refractivity (Wildman–Crippen MR) is 119 cm³/mol. The lowest BCUT2D eigenvalue weighted by atomic mass is 10.1. The van der Waals surface area contributed by atoms with Crippen molar-refractivity contribution in [1.82, 2.24) is 4.72 Å². The van der Waals surface area contributed by atoms with E-state index >= 15 is 0 Å². The maximum atomic E-state index is 12.9. The first-order valence-electron chi connectivity index (χ1n) is 9.73. The Labute approximate surface area is 186 Å². The van der Waals surface area contributed by atoms with Crippen LogP contribution >= 0.6 is 0 Å². The van der Waals surface area contributed by atoms with E-state index in [1.54, 1.807) is 24.3 Å². The van der Waals surface area contributed by atoms with Crippen LogP contribution in [0.3, 0.4) is 0 Å². The molecule has 0 aliphatic carbocycles. The highest BCUT2D eigenvalue weighted by atomic mass is 32.2. The van der Waals surface area contributed by atoms with Gasteiger partial charge in [-0.05, 0) is 43.7 Å². The Hall–Kier alpha value is -3.56. The molecule has 9 heteroatoms. The van der Waals surface area contributed by atoms with Crippen molar-refractivity contribution in [3.63, 3.8) is 0 Å². The Morgan fingerprint density at radius 3 is 2.25 bits per heavy atom. The van der Waals surface area contributed by atoms with Crippen LogP contribution in [0.1, 0.15) is 33.1 Å². The third-order valence-electron chi connectivity index (χ3n) is 4.77. The highest BCUT2D eigenvalue weighted by Crippen LogP contribution is 2.20. The van der Waals surface area contributed by atoms with Crippen molar-refractivity contribution in [2.75, 3.05) is 6.61 Å². The lowest BCUT2D eigenvalue weighted by molar-refractivity contribution is -0.384. The summed E-state index contributed by atoms with van der Waals surface area (Å²) in [6.07, 6.45) is 0. The number of non-ortho nitro benzene ring substituents is 1. The first kappa shape index (κ1) is 23.1. The van der Waals surface area contributed by atoms with E-state index in [1.165, 1.54) is 36.4 Å². The van der Waals surface area contributed by atoms with Crippen LogP contribution in [0.2, 0.25) is 0 Å². The second kappa shape index (κ2) is 9.71. The van der Waals surface area contributed by atoms with Gasteiger partial charge in [0.25, 0.3) is 5.69 Å². The summed E-state index contributed by atoms with van der Waals surface area (Å²) in [5.74, 6) is -0.716. The van der Waals surface area contributed by atoms with Crippen molar-refractivity contribution in [3.8, 4) is 0 Å². The number of esters is 1. The smallest absolute Gasteiger partial charge is 0.338 e. The van der Waals surface area contributed by atoms with Crippen molar-refractivity contribution >= 4 is 21.7 Å². The fourth-order valence-electron chi connectivity index (χ4n) is 3.02. The van der Waals surface area contributed by atoms with Gasteiger partial charge in [0.05, 0.1) is 21.4 Å². The molecule has 3 aromatic rings. The number of rotatable bonds is 8. The zero-order chi connectivity index (χ0) is 23.3. The topological polar surface area (TPSA) is 116 Å². The number of aryl methyl sites for hydroxylation is 2. The Balaban J connectivity index is 1.81. The molecular weight excluding hydrogens is 432 g/mol. The highest BCUT2D eigenvalue weighted by Gasteiger charge is 2.23. The Kier molecular flexibility index (Phi) is 7.01. The van der Waals surface area contributed by atoms with Crippen molar-refractivity contribution in [3.05, 3.63) is 105 Å². The van der Waals surface area contributed by atoms with Crippen molar-refractivity contribution in [1.29, 1.82) is 0 Å². The molecule has 0 heterocycles. The summed E-state index contributed by atoms with van der Waals surface area (Å²) < 4.78 is 33.8. The molecule has 0 fully saturated rings. The molecule has 32 heavy (non-hydrogen) atoms. The highest BCUT2D eigenvalue weighted by molar-refractivity contribution is 7.89. The van der Waals surface area contributed by atoms with Gasteiger partial charge in [0, 0.05) is 12.1 Å². The summed E-state index contributed by atoms with van der Waals surface area (Å²) in [6.45, 7) is 3.47. The molecule has 0 aliphatic rings. The van der Waals surface area contributed by atoms with E-state index in [4.69, 9.17) is 4.74 Å². The summed E-state index contributed by atoms with van der Waals surface area (Å²) in [5, 5.41) is 10.8. The first-order valence-corrected chi connectivity index (χ1v) is 11.2. The molecule has 3 aromatic carbocycles. The molecule has 0 radical (unpaired) electrons. The maximum Gasteiger partial charge on any atom is 0.338 e. The zero-order valence-corrected chi connectivity index (χ0v) is 18.3. The van der Waals surface area contributed by atoms with Crippen LogP contribution < -0.4 is 4.72 Å². The molecule has 1 N–H and O–H groups in total. The number of sulfonamides is 1. The van der Waals surface area contributed by atoms with Crippen LogP contribution in [0.15, 0.2) is 77.7 Å². The normalized spacial score (nSPS) is 12.2. The molecule has 0 spiro atoms. The minimum Gasteiger partial charge on any atom is -0.460 e. The van der Waals surface area contributed by atoms with E-state index in [1.807, 2.05) is 26.0 Å². The van der Waals surface area contributed by atoms with Crippen molar-refractivity contribution < 1.29 is 22.9 Å². The minimum atomic E-state index is -3.88. The third-order valence-corrected chi connectivity index (χ3v) is 6.26. The minimum absolute atomic E-state index is 0.0995. The van der Waals surface area contributed by atoms with Gasteiger partial charge in [-0.15, -0.1) is 0 Å². The van der Waals surface area contributed by atoms with Gasteiger partial charge in [0.15, 0.2) is 0 Å². The molecule has 0 aromatic heterocycles. The molecule has 0 bridgehead atoms. The molecule has 0 amide bonds. The molecule has 1 unspecified atom stereocenters. The van der Waals surface area contributed by atoms with Gasteiger partial charge >= 0.3 is 5.97 Å². The Morgan fingerprint density at radius 2 is 1.66 bits per heavy atom. The zero-order valence-electron chi connectivity index (χ0n) is 17.5. The second-order valence-corrected chi connectivity index (χ2v) is 9.02.